The van der Waals surface area contributed by atoms with E-state index in [0.717, 1.165) is 11.3 Å². The number of nitrogens with one attached hydrogen (secondary N) is 1. The Morgan fingerprint density at radius 2 is 1.86 bits per heavy atom. The van der Waals surface area contributed by atoms with Crippen LogP contribution in [0, 0.1) is 0 Å². The first-order valence-electron chi connectivity index (χ1n) is 5.68. The lowest BCUT2D eigenvalue weighted by atomic mass is 10.5. The Morgan fingerprint density at radius 3 is 2.33 bits per heavy atom. The number of hydrogen-bond donors (Lipinski definition) is 2. The quantitative estimate of drug-likeness (QED) is 0.807. The molecule has 0 fully saturated rings. The summed E-state index contributed by atoms with van der Waals surface area (Å²) in [6.45, 7) is -0.219. The van der Waals surface area contributed by atoms with E-state index < -0.39 is 10.0 Å². The molecule has 2 aromatic heterocycles. The van der Waals surface area contributed by atoms with E-state index >= 15 is 0 Å². The molecular weight excluding hydrogens is 318 g/mol. The van der Waals surface area contributed by atoms with Gasteiger partial charge in [-0.3, -0.25) is 0 Å². The standard InChI is InChI=1S/C11H13N3O5S2/c1-18-8-5-9(19-2)13-11(12-8)14-21(16,17)10-4-3-7(6-15)20-10/h3-5,15H,6H2,1-2H3,(H,12,13,14). The molecule has 0 saturated carbocycles. The molecular formula is C11H13N3O5S2. The first kappa shape index (κ1) is 15.5. The number of anilines is 1. The minimum atomic E-state index is -3.83. The number of rotatable bonds is 6. The maximum Gasteiger partial charge on any atom is 0.273 e. The lowest BCUT2D eigenvalue weighted by Gasteiger charge is -2.08. The zero-order valence-corrected chi connectivity index (χ0v) is 12.9. The van der Waals surface area contributed by atoms with Crippen LogP contribution in [-0.2, 0) is 16.6 Å². The summed E-state index contributed by atoms with van der Waals surface area (Å²) >= 11 is 0.960. The van der Waals surface area contributed by atoms with Crippen LogP contribution in [0.2, 0.25) is 0 Å². The zero-order chi connectivity index (χ0) is 15.5. The summed E-state index contributed by atoms with van der Waals surface area (Å²) in [5, 5.41) is 8.98. The third-order valence-corrected chi connectivity index (χ3v) is 5.27. The highest BCUT2D eigenvalue weighted by Gasteiger charge is 2.19. The molecule has 0 atom stereocenters. The van der Waals surface area contributed by atoms with Crippen LogP contribution in [0.5, 0.6) is 11.8 Å². The third-order valence-electron chi connectivity index (χ3n) is 2.38. The monoisotopic (exact) mass is 331 g/mol. The number of thiophene rings is 1. The van der Waals surface area contributed by atoms with Crippen molar-refractivity contribution < 1.29 is 23.0 Å². The number of methoxy groups -OCH3 is 2. The number of nitrogens with zero attached hydrogens (tertiary/aromatic N) is 2. The molecule has 21 heavy (non-hydrogen) atoms. The highest BCUT2D eigenvalue weighted by Crippen LogP contribution is 2.24. The molecule has 0 spiro atoms. The Morgan fingerprint density at radius 1 is 1.24 bits per heavy atom. The van der Waals surface area contributed by atoms with Crippen LogP contribution in [-0.4, -0.2) is 37.7 Å². The Bertz CT molecular complexity index is 707. The molecule has 0 bridgehead atoms. The Kier molecular flexibility index (Phi) is 4.60. The minimum Gasteiger partial charge on any atom is -0.481 e. The molecule has 0 saturated heterocycles. The van der Waals surface area contributed by atoms with Crippen LogP contribution in [0.4, 0.5) is 5.95 Å². The van der Waals surface area contributed by atoms with E-state index in [-0.39, 0.29) is 28.5 Å². The fraction of sp³-hybridized carbons (Fsp3) is 0.273. The van der Waals surface area contributed by atoms with E-state index in [1.165, 1.54) is 32.4 Å². The van der Waals surface area contributed by atoms with Gasteiger partial charge in [-0.05, 0) is 12.1 Å². The van der Waals surface area contributed by atoms with Gasteiger partial charge in [-0.25, -0.2) is 13.1 Å². The van der Waals surface area contributed by atoms with Crippen molar-refractivity contribution in [1.82, 2.24) is 9.97 Å². The van der Waals surface area contributed by atoms with Crippen molar-refractivity contribution in [1.29, 1.82) is 0 Å². The average molecular weight is 331 g/mol. The van der Waals surface area contributed by atoms with Crippen LogP contribution in [0.25, 0.3) is 0 Å². The van der Waals surface area contributed by atoms with Gasteiger partial charge in [0.1, 0.15) is 4.21 Å². The van der Waals surface area contributed by atoms with Gasteiger partial charge in [0.25, 0.3) is 10.0 Å². The summed E-state index contributed by atoms with van der Waals surface area (Å²) in [5.74, 6) is 0.175. The molecule has 0 aliphatic rings. The molecule has 0 aliphatic carbocycles. The first-order valence-corrected chi connectivity index (χ1v) is 7.98. The van der Waals surface area contributed by atoms with Crippen LogP contribution < -0.4 is 14.2 Å². The van der Waals surface area contributed by atoms with E-state index in [1.807, 2.05) is 0 Å². The Hall–Kier alpha value is -1.91. The number of aliphatic hydroxyl groups excluding tert-OH is 1. The molecule has 2 N–H and O–H groups in total. The van der Waals surface area contributed by atoms with Gasteiger partial charge in [-0.1, -0.05) is 0 Å². The Labute approximate surface area is 125 Å². The third kappa shape index (κ3) is 3.60. The molecule has 10 heteroatoms. The second-order valence-electron chi connectivity index (χ2n) is 3.76. The smallest absolute Gasteiger partial charge is 0.273 e. The van der Waals surface area contributed by atoms with E-state index in [1.54, 1.807) is 0 Å². The number of hydrogen-bond acceptors (Lipinski definition) is 8. The van der Waals surface area contributed by atoms with Gasteiger partial charge in [0, 0.05) is 4.88 Å². The number of aromatic nitrogens is 2. The minimum absolute atomic E-state index is 0.0527. The molecule has 0 radical (unpaired) electrons. The summed E-state index contributed by atoms with van der Waals surface area (Å²) in [7, 11) is -1.04. The van der Waals surface area contributed by atoms with Gasteiger partial charge in [0.15, 0.2) is 0 Å². The molecule has 2 aromatic rings. The van der Waals surface area contributed by atoms with Gasteiger partial charge in [-0.15, -0.1) is 11.3 Å². The molecule has 0 aromatic carbocycles. The summed E-state index contributed by atoms with van der Waals surface area (Å²) in [6.07, 6.45) is 0. The van der Waals surface area contributed by atoms with E-state index in [0.29, 0.717) is 4.88 Å². The Balaban J connectivity index is 2.31. The lowest BCUT2D eigenvalue weighted by molar-refractivity contribution is 0.285. The number of sulfonamides is 1. The van der Waals surface area contributed by atoms with Crippen molar-refractivity contribution in [3.05, 3.63) is 23.1 Å². The summed E-state index contributed by atoms with van der Waals surface area (Å²) in [6, 6.07) is 4.36. The normalized spacial score (nSPS) is 11.2. The summed E-state index contributed by atoms with van der Waals surface area (Å²) in [5.41, 5.74) is 0. The van der Waals surface area contributed by atoms with Gasteiger partial charge in [0.2, 0.25) is 17.7 Å². The molecule has 114 valence electrons. The lowest BCUT2D eigenvalue weighted by Crippen LogP contribution is -2.14. The number of ether oxygens (including phenoxy) is 2. The summed E-state index contributed by atoms with van der Waals surface area (Å²) < 4.78 is 36.6. The second kappa shape index (κ2) is 6.24. The first-order chi connectivity index (χ1) is 9.98. The SMILES string of the molecule is COc1cc(OC)nc(NS(=O)(=O)c2ccc(CO)s2)n1. The topological polar surface area (TPSA) is 111 Å². The highest BCUT2D eigenvalue weighted by molar-refractivity contribution is 7.94. The van der Waals surface area contributed by atoms with Crippen molar-refractivity contribution >= 4 is 27.3 Å². The van der Waals surface area contributed by atoms with Crippen molar-refractivity contribution in [3.63, 3.8) is 0 Å². The van der Waals surface area contributed by atoms with Crippen LogP contribution in [0.3, 0.4) is 0 Å². The zero-order valence-electron chi connectivity index (χ0n) is 11.2. The predicted octanol–water partition coefficient (Wildman–Crippen LogP) is 0.848. The predicted molar refractivity (Wildman–Crippen MR) is 76.2 cm³/mol. The van der Waals surface area contributed by atoms with Crippen LogP contribution >= 0.6 is 11.3 Å². The maximum absolute atomic E-state index is 12.2. The maximum atomic E-state index is 12.2. The second-order valence-corrected chi connectivity index (χ2v) is 6.84. The van der Waals surface area contributed by atoms with Crippen molar-refractivity contribution in [2.75, 3.05) is 18.9 Å². The molecule has 8 nitrogen and oxygen atoms in total. The van der Waals surface area contributed by atoms with Crippen LogP contribution in [0.1, 0.15) is 4.88 Å². The number of aliphatic hydroxyl groups is 1. The van der Waals surface area contributed by atoms with Gasteiger partial charge < -0.3 is 14.6 Å². The largest absolute Gasteiger partial charge is 0.481 e. The van der Waals surface area contributed by atoms with E-state index in [2.05, 4.69) is 14.7 Å². The molecule has 0 unspecified atom stereocenters. The van der Waals surface area contributed by atoms with Crippen molar-refractivity contribution in [3.8, 4) is 11.8 Å². The van der Waals surface area contributed by atoms with E-state index in [4.69, 9.17) is 14.6 Å². The van der Waals surface area contributed by atoms with Gasteiger partial charge in [-0.2, -0.15) is 9.97 Å². The van der Waals surface area contributed by atoms with Crippen LogP contribution in [0.15, 0.2) is 22.4 Å². The molecule has 0 aliphatic heterocycles. The van der Waals surface area contributed by atoms with Crippen molar-refractivity contribution in [2.24, 2.45) is 0 Å². The summed E-state index contributed by atoms with van der Waals surface area (Å²) in [4.78, 5) is 8.32. The molecule has 2 rings (SSSR count). The fourth-order valence-electron chi connectivity index (χ4n) is 1.42. The fourth-order valence-corrected chi connectivity index (χ4v) is 3.58. The average Bonchev–Trinajstić information content (AvgIpc) is 2.96. The van der Waals surface area contributed by atoms with Gasteiger partial charge >= 0.3 is 0 Å². The highest BCUT2D eigenvalue weighted by atomic mass is 32.2. The van der Waals surface area contributed by atoms with Gasteiger partial charge in [0.05, 0.1) is 26.9 Å². The van der Waals surface area contributed by atoms with E-state index in [9.17, 15) is 8.42 Å². The molecule has 0 amide bonds. The van der Waals surface area contributed by atoms with Crippen molar-refractivity contribution in [2.45, 2.75) is 10.8 Å². The molecule has 2 heterocycles.